The van der Waals surface area contributed by atoms with Gasteiger partial charge in [-0.1, -0.05) is 147 Å². The van der Waals surface area contributed by atoms with E-state index in [0.29, 0.717) is 6.42 Å². The molecule has 0 radical (unpaired) electrons. The van der Waals surface area contributed by atoms with Crippen LogP contribution in [-0.4, -0.2) is 28.1 Å². The number of unbranched alkanes of at least 4 members (excludes halogenated alkanes) is 19. The van der Waals surface area contributed by atoms with Crippen LogP contribution >= 0.6 is 0 Å². The average molecular weight is 614 g/mol. The van der Waals surface area contributed by atoms with Crippen molar-refractivity contribution in [2.75, 3.05) is 5.32 Å². The Kier molecular flexibility index (Phi) is 23.1. The molecule has 0 saturated heterocycles. The molecule has 0 heterocycles. The van der Waals surface area contributed by atoms with Gasteiger partial charge in [0.1, 0.15) is 5.82 Å². The molecule has 2 aromatic rings. The number of aromatic carboxylic acids is 1. The summed E-state index contributed by atoms with van der Waals surface area (Å²) in [5, 5.41) is 20.0. The maximum Gasteiger partial charge on any atom is 0.336 e. The highest BCUT2D eigenvalue weighted by atomic mass is 19.1. The van der Waals surface area contributed by atoms with Crippen molar-refractivity contribution in [2.45, 2.75) is 142 Å². The Morgan fingerprint density at radius 1 is 0.591 bits per heavy atom. The molecule has 3 N–H and O–H groups in total. The molecule has 0 saturated carbocycles. The van der Waals surface area contributed by atoms with E-state index in [2.05, 4.69) is 12.2 Å². The first-order valence-corrected chi connectivity index (χ1v) is 17.0. The van der Waals surface area contributed by atoms with Crippen LogP contribution in [0.2, 0.25) is 0 Å². The Bertz CT molecular complexity index is 1060. The number of carboxylic acid groups (broad SMARTS) is 2. The number of amides is 1. The number of anilines is 1. The Morgan fingerprint density at radius 3 is 1.43 bits per heavy atom. The number of rotatable bonds is 24. The lowest BCUT2D eigenvalue weighted by molar-refractivity contribution is -0.137. The second-order valence-electron chi connectivity index (χ2n) is 11.7. The van der Waals surface area contributed by atoms with Crippen LogP contribution < -0.4 is 5.32 Å². The van der Waals surface area contributed by atoms with Gasteiger partial charge in [0.2, 0.25) is 0 Å². The highest BCUT2D eigenvalue weighted by Crippen LogP contribution is 2.16. The molecule has 2 aromatic carbocycles. The fourth-order valence-corrected chi connectivity index (χ4v) is 5.16. The molecule has 2 rings (SSSR count). The van der Waals surface area contributed by atoms with Gasteiger partial charge < -0.3 is 15.5 Å². The van der Waals surface area contributed by atoms with Gasteiger partial charge in [0.15, 0.2) is 0 Å². The Labute approximate surface area is 264 Å². The number of hydrogen-bond acceptors (Lipinski definition) is 3. The minimum atomic E-state index is -1.19. The summed E-state index contributed by atoms with van der Waals surface area (Å²) in [6.45, 7) is 2.29. The number of carbonyl (C=O) groups is 3. The number of benzene rings is 2. The highest BCUT2D eigenvalue weighted by Gasteiger charge is 2.15. The molecule has 0 fully saturated rings. The maximum absolute atomic E-state index is 13.0. The first kappa shape index (κ1) is 38.8. The van der Waals surface area contributed by atoms with E-state index in [9.17, 15) is 18.8 Å². The van der Waals surface area contributed by atoms with Gasteiger partial charge in [0.05, 0.1) is 11.1 Å². The molecule has 7 heteroatoms. The summed E-state index contributed by atoms with van der Waals surface area (Å²) < 4.78 is 13.0. The summed E-state index contributed by atoms with van der Waals surface area (Å²) >= 11 is 0. The number of halogens is 1. The number of hydrogen-bond donors (Lipinski definition) is 3. The van der Waals surface area contributed by atoms with Crippen molar-refractivity contribution in [1.29, 1.82) is 0 Å². The first-order chi connectivity index (χ1) is 21.3. The standard InChI is InChI=1S/C23H46O2.C14H10FNO3/c1-2-3-4-5-6-7-8-9-10-11-12-13-14-15-16-17-18-19-20-21-22-23(24)25;15-9-4-3-5-10(8-9)16-13(17)11-6-1-2-7-12(11)14(18)19/h2-22H2,1H3,(H,24,25);1-8H,(H,16,17)(H,18,19). The van der Waals surface area contributed by atoms with Gasteiger partial charge in [0.25, 0.3) is 5.91 Å². The van der Waals surface area contributed by atoms with E-state index in [1.807, 2.05) is 0 Å². The van der Waals surface area contributed by atoms with E-state index >= 15 is 0 Å². The largest absolute Gasteiger partial charge is 0.481 e. The molecule has 0 unspecified atom stereocenters. The molecule has 0 bridgehead atoms. The lowest BCUT2D eigenvalue weighted by Crippen LogP contribution is -2.16. The van der Waals surface area contributed by atoms with Crippen LogP contribution in [0.25, 0.3) is 0 Å². The maximum atomic E-state index is 13.0. The van der Waals surface area contributed by atoms with E-state index in [1.165, 1.54) is 152 Å². The third kappa shape index (κ3) is 20.6. The molecule has 246 valence electrons. The number of carbonyl (C=O) groups excluding carboxylic acids is 1. The van der Waals surface area contributed by atoms with Gasteiger partial charge >= 0.3 is 11.9 Å². The molecule has 6 nitrogen and oxygen atoms in total. The highest BCUT2D eigenvalue weighted by molar-refractivity contribution is 6.10. The lowest BCUT2D eigenvalue weighted by atomic mass is 10.0. The summed E-state index contributed by atoms with van der Waals surface area (Å²) in [7, 11) is 0. The van der Waals surface area contributed by atoms with Crippen LogP contribution in [0.4, 0.5) is 10.1 Å². The number of nitrogens with one attached hydrogen (secondary N) is 1. The topological polar surface area (TPSA) is 104 Å². The van der Waals surface area contributed by atoms with Crippen LogP contribution in [-0.2, 0) is 4.79 Å². The second kappa shape index (κ2) is 26.2. The fraction of sp³-hybridized carbons (Fsp3) is 0.595. The molecule has 0 aliphatic carbocycles. The van der Waals surface area contributed by atoms with Gasteiger partial charge in [-0.2, -0.15) is 0 Å². The van der Waals surface area contributed by atoms with Crippen molar-refractivity contribution in [2.24, 2.45) is 0 Å². The van der Waals surface area contributed by atoms with Crippen molar-refractivity contribution < 1.29 is 29.0 Å². The predicted octanol–water partition coefficient (Wildman–Crippen LogP) is 11.1. The fourth-order valence-electron chi connectivity index (χ4n) is 5.16. The molecule has 0 atom stereocenters. The van der Waals surface area contributed by atoms with Crippen molar-refractivity contribution in [3.8, 4) is 0 Å². The molecule has 0 aliphatic rings. The van der Waals surface area contributed by atoms with E-state index in [0.717, 1.165) is 18.9 Å². The third-order valence-electron chi connectivity index (χ3n) is 7.73. The minimum Gasteiger partial charge on any atom is -0.481 e. The molecule has 44 heavy (non-hydrogen) atoms. The van der Waals surface area contributed by atoms with E-state index in [1.54, 1.807) is 6.07 Å². The first-order valence-electron chi connectivity index (χ1n) is 17.0. The van der Waals surface area contributed by atoms with Gasteiger partial charge in [-0.05, 0) is 36.8 Å². The van der Waals surface area contributed by atoms with Crippen LogP contribution in [0.3, 0.4) is 0 Å². The third-order valence-corrected chi connectivity index (χ3v) is 7.73. The summed E-state index contributed by atoms with van der Waals surface area (Å²) in [6, 6.07) is 11.2. The molecule has 0 aromatic heterocycles. The summed E-state index contributed by atoms with van der Waals surface area (Å²) in [5.74, 6) is -2.92. The van der Waals surface area contributed by atoms with E-state index in [-0.39, 0.29) is 16.8 Å². The van der Waals surface area contributed by atoms with Crippen LogP contribution in [0.1, 0.15) is 162 Å². The summed E-state index contributed by atoms with van der Waals surface area (Å²) in [4.78, 5) is 33.3. The van der Waals surface area contributed by atoms with Crippen LogP contribution in [0.5, 0.6) is 0 Å². The zero-order valence-electron chi connectivity index (χ0n) is 27.0. The summed E-state index contributed by atoms with van der Waals surface area (Å²) in [5.41, 5.74) is 0.195. The quantitative estimate of drug-likeness (QED) is 0.102. The van der Waals surface area contributed by atoms with Crippen molar-refractivity contribution >= 4 is 23.5 Å². The van der Waals surface area contributed by atoms with Gasteiger partial charge in [-0.3, -0.25) is 9.59 Å². The van der Waals surface area contributed by atoms with Crippen LogP contribution in [0.15, 0.2) is 48.5 Å². The van der Waals surface area contributed by atoms with Crippen molar-refractivity contribution in [3.05, 3.63) is 65.5 Å². The predicted molar refractivity (Wildman–Crippen MR) is 178 cm³/mol. The molecular formula is C37H56FNO5. The SMILES string of the molecule is CCCCCCCCCCCCCCCCCCCCCCC(=O)O.O=C(O)c1ccccc1C(=O)Nc1cccc(F)c1. The number of carboxylic acids is 2. The van der Waals surface area contributed by atoms with E-state index in [4.69, 9.17) is 10.2 Å². The Hall–Kier alpha value is -3.22. The normalized spacial score (nSPS) is 10.6. The zero-order valence-corrected chi connectivity index (χ0v) is 27.0. The summed E-state index contributed by atoms with van der Waals surface area (Å²) in [6.07, 6.45) is 27.6. The molecule has 0 aliphatic heterocycles. The van der Waals surface area contributed by atoms with Crippen LogP contribution in [0, 0.1) is 5.82 Å². The monoisotopic (exact) mass is 613 g/mol. The Morgan fingerprint density at radius 2 is 1.02 bits per heavy atom. The lowest BCUT2D eigenvalue weighted by Gasteiger charge is -2.07. The number of aliphatic carboxylic acids is 1. The van der Waals surface area contributed by atoms with Gasteiger partial charge in [0, 0.05) is 12.1 Å². The zero-order chi connectivity index (χ0) is 32.3. The molecule has 1 amide bonds. The molecule has 0 spiro atoms. The van der Waals surface area contributed by atoms with Crippen molar-refractivity contribution in [1.82, 2.24) is 0 Å². The average Bonchev–Trinajstić information content (AvgIpc) is 3.00. The smallest absolute Gasteiger partial charge is 0.336 e. The van der Waals surface area contributed by atoms with Gasteiger partial charge in [-0.15, -0.1) is 0 Å². The van der Waals surface area contributed by atoms with Crippen molar-refractivity contribution in [3.63, 3.8) is 0 Å². The van der Waals surface area contributed by atoms with E-state index < -0.39 is 23.7 Å². The van der Waals surface area contributed by atoms with Gasteiger partial charge in [-0.25, -0.2) is 9.18 Å². The second-order valence-corrected chi connectivity index (χ2v) is 11.7. The minimum absolute atomic E-state index is 0.0271. The Balaban J connectivity index is 0.000000454. The molecular weight excluding hydrogens is 557 g/mol.